The van der Waals surface area contributed by atoms with Crippen LogP contribution in [-0.4, -0.2) is 30.4 Å². The normalized spacial score (nSPS) is 17.0. The lowest BCUT2D eigenvalue weighted by molar-refractivity contribution is -0.127. The fraction of sp³-hybridized carbons (Fsp3) is 0.529. The fourth-order valence-electron chi connectivity index (χ4n) is 2.69. The summed E-state index contributed by atoms with van der Waals surface area (Å²) in [6, 6.07) is 9.91. The van der Waals surface area contributed by atoms with E-state index in [1.54, 1.807) is 13.8 Å². The number of nitriles is 1. The summed E-state index contributed by atoms with van der Waals surface area (Å²) < 4.78 is 0. The number of hydrogen-bond acceptors (Lipinski definition) is 3. The van der Waals surface area contributed by atoms with Crippen molar-refractivity contribution in [1.82, 2.24) is 10.2 Å². The topological polar surface area (TPSA) is 56.1 Å². The Morgan fingerprint density at radius 1 is 1.45 bits per heavy atom. The van der Waals surface area contributed by atoms with Crippen molar-refractivity contribution < 1.29 is 4.79 Å². The van der Waals surface area contributed by atoms with Gasteiger partial charge < -0.3 is 5.32 Å². The van der Waals surface area contributed by atoms with Crippen molar-refractivity contribution >= 4 is 17.5 Å². The SMILES string of the molecule is CC(C)(C#N)C(=O)NCC(c1cccc(Cl)c1)N1CCCC1. The van der Waals surface area contributed by atoms with Crippen LogP contribution in [-0.2, 0) is 4.79 Å². The smallest absolute Gasteiger partial charge is 0.239 e. The van der Waals surface area contributed by atoms with E-state index in [-0.39, 0.29) is 11.9 Å². The van der Waals surface area contributed by atoms with E-state index in [1.165, 1.54) is 12.8 Å². The van der Waals surface area contributed by atoms with Crippen LogP contribution in [0.15, 0.2) is 24.3 Å². The molecule has 1 N–H and O–H groups in total. The Morgan fingerprint density at radius 2 is 2.14 bits per heavy atom. The molecule has 1 fully saturated rings. The molecule has 1 unspecified atom stereocenters. The standard InChI is InChI=1S/C17H22ClN3O/c1-17(2,12-19)16(22)20-11-15(21-8-3-4-9-21)13-6-5-7-14(18)10-13/h5-7,10,15H,3-4,8-9,11H2,1-2H3,(H,20,22). The minimum absolute atomic E-state index is 0.0969. The van der Waals surface area contributed by atoms with Crippen LogP contribution in [0.25, 0.3) is 0 Å². The maximum absolute atomic E-state index is 12.1. The Morgan fingerprint density at radius 3 is 2.73 bits per heavy atom. The van der Waals surface area contributed by atoms with E-state index < -0.39 is 5.41 Å². The Balaban J connectivity index is 2.12. The van der Waals surface area contributed by atoms with Gasteiger partial charge in [0.1, 0.15) is 5.41 Å². The molecule has 0 bridgehead atoms. The summed E-state index contributed by atoms with van der Waals surface area (Å²) in [5.41, 5.74) is 0.0913. The van der Waals surface area contributed by atoms with Crippen molar-refractivity contribution in [3.63, 3.8) is 0 Å². The molecule has 0 saturated carbocycles. The number of nitrogens with one attached hydrogen (secondary N) is 1. The van der Waals surface area contributed by atoms with E-state index in [0.717, 1.165) is 18.7 Å². The summed E-state index contributed by atoms with van der Waals surface area (Å²) in [6.45, 7) is 5.80. The first-order valence-electron chi connectivity index (χ1n) is 7.63. The molecule has 1 saturated heterocycles. The second-order valence-electron chi connectivity index (χ2n) is 6.26. The fourth-order valence-corrected chi connectivity index (χ4v) is 2.88. The lowest BCUT2D eigenvalue weighted by Gasteiger charge is -2.29. The third-order valence-electron chi connectivity index (χ3n) is 4.12. The number of rotatable bonds is 5. The Bertz CT molecular complexity index is 574. The molecule has 1 aromatic rings. The highest BCUT2D eigenvalue weighted by Crippen LogP contribution is 2.26. The van der Waals surface area contributed by atoms with Crippen LogP contribution in [0.3, 0.4) is 0 Å². The first-order valence-corrected chi connectivity index (χ1v) is 8.01. The van der Waals surface area contributed by atoms with Crippen molar-refractivity contribution in [2.75, 3.05) is 19.6 Å². The van der Waals surface area contributed by atoms with Crippen LogP contribution in [0.5, 0.6) is 0 Å². The van der Waals surface area contributed by atoms with Gasteiger partial charge in [0.2, 0.25) is 5.91 Å². The van der Waals surface area contributed by atoms with E-state index in [2.05, 4.69) is 10.2 Å². The summed E-state index contributed by atoms with van der Waals surface area (Å²) >= 11 is 6.10. The number of likely N-dealkylation sites (tertiary alicyclic amines) is 1. The number of carbonyl (C=O) groups excluding carboxylic acids is 1. The summed E-state index contributed by atoms with van der Waals surface area (Å²) in [5.74, 6) is -0.235. The van der Waals surface area contributed by atoms with E-state index in [9.17, 15) is 4.79 Å². The van der Waals surface area contributed by atoms with Crippen molar-refractivity contribution in [3.8, 4) is 6.07 Å². The van der Waals surface area contributed by atoms with Crippen LogP contribution in [0.1, 0.15) is 38.3 Å². The first-order chi connectivity index (χ1) is 10.4. The Labute approximate surface area is 137 Å². The number of nitrogens with zero attached hydrogens (tertiary/aromatic N) is 2. The van der Waals surface area contributed by atoms with Crippen LogP contribution in [0.4, 0.5) is 0 Å². The Kier molecular flexibility index (Phi) is 5.44. The molecule has 22 heavy (non-hydrogen) atoms. The number of benzene rings is 1. The molecule has 5 heteroatoms. The zero-order valence-electron chi connectivity index (χ0n) is 13.1. The van der Waals surface area contributed by atoms with Crippen molar-refractivity contribution in [1.29, 1.82) is 5.26 Å². The highest BCUT2D eigenvalue weighted by Gasteiger charge is 2.29. The lowest BCUT2D eigenvalue weighted by Crippen LogP contribution is -2.41. The predicted octanol–water partition coefficient (Wildman–Crippen LogP) is 3.14. The van der Waals surface area contributed by atoms with E-state index in [0.29, 0.717) is 11.6 Å². The number of carbonyl (C=O) groups is 1. The van der Waals surface area contributed by atoms with Gasteiger partial charge >= 0.3 is 0 Å². The van der Waals surface area contributed by atoms with Gasteiger partial charge in [0, 0.05) is 11.6 Å². The molecule has 0 aromatic heterocycles. The molecule has 1 aliphatic heterocycles. The van der Waals surface area contributed by atoms with Gasteiger partial charge in [-0.3, -0.25) is 9.69 Å². The summed E-state index contributed by atoms with van der Waals surface area (Å²) in [7, 11) is 0. The summed E-state index contributed by atoms with van der Waals surface area (Å²) in [4.78, 5) is 14.5. The number of amides is 1. The van der Waals surface area contributed by atoms with Crippen molar-refractivity contribution in [2.45, 2.75) is 32.7 Å². The maximum Gasteiger partial charge on any atom is 0.239 e. The van der Waals surface area contributed by atoms with E-state index in [4.69, 9.17) is 16.9 Å². The van der Waals surface area contributed by atoms with Gasteiger partial charge in [-0.2, -0.15) is 5.26 Å². The zero-order valence-corrected chi connectivity index (χ0v) is 13.9. The Hall–Kier alpha value is -1.57. The third-order valence-corrected chi connectivity index (χ3v) is 4.35. The van der Waals surface area contributed by atoms with Gasteiger partial charge in [0.05, 0.1) is 12.1 Å². The molecular formula is C17H22ClN3O. The minimum Gasteiger partial charge on any atom is -0.353 e. The monoisotopic (exact) mass is 319 g/mol. The van der Waals surface area contributed by atoms with Crippen molar-refractivity contribution in [3.05, 3.63) is 34.9 Å². The van der Waals surface area contributed by atoms with Gasteiger partial charge in [-0.05, 0) is 57.5 Å². The molecular weight excluding hydrogens is 298 g/mol. The summed E-state index contributed by atoms with van der Waals surface area (Å²) in [6.07, 6.45) is 2.35. The molecule has 1 atom stereocenters. The first kappa shape index (κ1) is 16.8. The molecule has 1 aromatic carbocycles. The highest BCUT2D eigenvalue weighted by atomic mass is 35.5. The second kappa shape index (κ2) is 7.13. The third kappa shape index (κ3) is 4.00. The average molecular weight is 320 g/mol. The molecule has 118 valence electrons. The lowest BCUT2D eigenvalue weighted by atomic mass is 9.94. The quantitative estimate of drug-likeness (QED) is 0.907. The van der Waals surface area contributed by atoms with E-state index in [1.807, 2.05) is 30.3 Å². The molecule has 1 amide bonds. The van der Waals surface area contributed by atoms with Crippen LogP contribution in [0.2, 0.25) is 5.02 Å². The van der Waals surface area contributed by atoms with Gasteiger partial charge in [0.15, 0.2) is 0 Å². The molecule has 1 heterocycles. The van der Waals surface area contributed by atoms with Gasteiger partial charge in [-0.25, -0.2) is 0 Å². The molecule has 0 spiro atoms. The molecule has 1 aliphatic rings. The van der Waals surface area contributed by atoms with Crippen LogP contribution < -0.4 is 5.32 Å². The zero-order chi connectivity index (χ0) is 16.2. The maximum atomic E-state index is 12.1. The summed E-state index contributed by atoms with van der Waals surface area (Å²) in [5, 5.41) is 12.7. The minimum atomic E-state index is -1.01. The molecule has 2 rings (SSSR count). The second-order valence-corrected chi connectivity index (χ2v) is 6.70. The van der Waals surface area contributed by atoms with Crippen LogP contribution in [0, 0.1) is 16.7 Å². The molecule has 0 radical (unpaired) electrons. The molecule has 4 nitrogen and oxygen atoms in total. The number of hydrogen-bond donors (Lipinski definition) is 1. The average Bonchev–Trinajstić information content (AvgIpc) is 3.01. The van der Waals surface area contributed by atoms with E-state index >= 15 is 0 Å². The van der Waals surface area contributed by atoms with Gasteiger partial charge in [0.25, 0.3) is 0 Å². The largest absolute Gasteiger partial charge is 0.353 e. The van der Waals surface area contributed by atoms with Gasteiger partial charge in [-0.15, -0.1) is 0 Å². The molecule has 0 aliphatic carbocycles. The van der Waals surface area contributed by atoms with Crippen LogP contribution >= 0.6 is 11.6 Å². The number of halogens is 1. The predicted molar refractivity (Wildman–Crippen MR) is 87.4 cm³/mol. The van der Waals surface area contributed by atoms with Gasteiger partial charge in [-0.1, -0.05) is 23.7 Å². The van der Waals surface area contributed by atoms with Crippen molar-refractivity contribution in [2.24, 2.45) is 5.41 Å². The highest BCUT2D eigenvalue weighted by molar-refractivity contribution is 6.30.